The first-order valence-corrected chi connectivity index (χ1v) is 8.23. The maximum atomic E-state index is 12.6. The van der Waals surface area contributed by atoms with Gasteiger partial charge in [0.05, 0.1) is 4.92 Å². The topological polar surface area (TPSA) is 115 Å². The molecule has 0 bridgehead atoms. The van der Waals surface area contributed by atoms with Crippen LogP contribution in [-0.4, -0.2) is 25.9 Å². The Morgan fingerprint density at radius 2 is 2.05 bits per heavy atom. The molecule has 21 heavy (non-hydrogen) atoms. The van der Waals surface area contributed by atoms with E-state index >= 15 is 0 Å². The highest BCUT2D eigenvalue weighted by Crippen LogP contribution is 2.34. The third kappa shape index (κ3) is 3.22. The Morgan fingerprint density at radius 1 is 1.43 bits per heavy atom. The van der Waals surface area contributed by atoms with Gasteiger partial charge in [-0.2, -0.15) is 0 Å². The van der Waals surface area contributed by atoms with E-state index in [2.05, 4.69) is 4.72 Å². The Kier molecular flexibility index (Phi) is 4.31. The van der Waals surface area contributed by atoms with Crippen LogP contribution in [0.1, 0.15) is 24.0 Å². The minimum Gasteiger partial charge on any atom is -0.329 e. The van der Waals surface area contributed by atoms with Crippen LogP contribution in [0.2, 0.25) is 0 Å². The number of nitro groups is 1. The lowest BCUT2D eigenvalue weighted by molar-refractivity contribution is -0.387. The average Bonchev–Trinajstić information content (AvgIpc) is 3.22. The van der Waals surface area contributed by atoms with Crippen molar-refractivity contribution in [1.82, 2.24) is 4.72 Å². The first-order chi connectivity index (χ1) is 9.77. The fraction of sp³-hybridized carbons (Fsp3) is 0.538. The molecule has 3 N–H and O–H groups in total. The quantitative estimate of drug-likeness (QED) is 0.605. The van der Waals surface area contributed by atoms with Gasteiger partial charge in [-0.05, 0) is 43.7 Å². The SMILES string of the molecule is Cc1ccc([N+](=O)[O-])c(S(=O)(=O)N[C@H](CN)C2CC2)c1C. The molecule has 0 heterocycles. The number of rotatable bonds is 6. The van der Waals surface area contributed by atoms with Gasteiger partial charge in [0.25, 0.3) is 5.69 Å². The Balaban J connectivity index is 2.47. The minimum atomic E-state index is -3.98. The van der Waals surface area contributed by atoms with Gasteiger partial charge < -0.3 is 5.73 Å². The molecule has 1 aliphatic rings. The van der Waals surface area contributed by atoms with Gasteiger partial charge in [0.1, 0.15) is 0 Å². The number of nitrogens with zero attached hydrogens (tertiary/aromatic N) is 1. The van der Waals surface area contributed by atoms with Crippen molar-refractivity contribution in [2.75, 3.05) is 6.54 Å². The lowest BCUT2D eigenvalue weighted by Crippen LogP contribution is -2.42. The average molecular weight is 313 g/mol. The fourth-order valence-corrected chi connectivity index (χ4v) is 4.14. The van der Waals surface area contributed by atoms with Crippen LogP contribution in [0.25, 0.3) is 0 Å². The van der Waals surface area contributed by atoms with Crippen molar-refractivity contribution in [3.05, 3.63) is 33.4 Å². The Morgan fingerprint density at radius 3 is 2.52 bits per heavy atom. The summed E-state index contributed by atoms with van der Waals surface area (Å²) >= 11 is 0. The van der Waals surface area contributed by atoms with Gasteiger partial charge in [0, 0.05) is 18.7 Å². The van der Waals surface area contributed by atoms with Crippen LogP contribution in [0, 0.1) is 29.9 Å². The molecule has 2 rings (SSSR count). The van der Waals surface area contributed by atoms with Crippen molar-refractivity contribution in [1.29, 1.82) is 0 Å². The van der Waals surface area contributed by atoms with Gasteiger partial charge in [-0.25, -0.2) is 13.1 Å². The van der Waals surface area contributed by atoms with Gasteiger partial charge in [-0.1, -0.05) is 6.07 Å². The number of benzene rings is 1. The van der Waals surface area contributed by atoms with Crippen molar-refractivity contribution >= 4 is 15.7 Å². The summed E-state index contributed by atoms with van der Waals surface area (Å²) in [6, 6.07) is 2.41. The summed E-state index contributed by atoms with van der Waals surface area (Å²) in [5.74, 6) is 0.231. The van der Waals surface area contributed by atoms with E-state index < -0.39 is 20.6 Å². The first-order valence-electron chi connectivity index (χ1n) is 6.75. The number of hydrogen-bond donors (Lipinski definition) is 2. The van der Waals surface area contributed by atoms with E-state index in [0.29, 0.717) is 11.1 Å². The molecule has 0 amide bonds. The number of aryl methyl sites for hydroxylation is 1. The number of hydrogen-bond acceptors (Lipinski definition) is 5. The van der Waals surface area contributed by atoms with E-state index in [1.165, 1.54) is 6.07 Å². The van der Waals surface area contributed by atoms with Crippen molar-refractivity contribution < 1.29 is 13.3 Å². The molecule has 0 saturated heterocycles. The van der Waals surface area contributed by atoms with Gasteiger partial charge in [-0.3, -0.25) is 10.1 Å². The molecule has 116 valence electrons. The number of nitro benzene ring substituents is 1. The van der Waals surface area contributed by atoms with Crippen molar-refractivity contribution in [3.8, 4) is 0 Å². The van der Waals surface area contributed by atoms with E-state index in [9.17, 15) is 18.5 Å². The van der Waals surface area contributed by atoms with E-state index in [1.807, 2.05) is 0 Å². The molecule has 7 nitrogen and oxygen atoms in total. The maximum Gasteiger partial charge on any atom is 0.289 e. The number of nitrogens with one attached hydrogen (secondary N) is 1. The zero-order chi connectivity index (χ0) is 15.8. The van der Waals surface area contributed by atoms with Crippen LogP contribution in [0.4, 0.5) is 5.69 Å². The predicted molar refractivity (Wildman–Crippen MR) is 78.5 cm³/mol. The Labute approximate surface area is 123 Å². The monoisotopic (exact) mass is 313 g/mol. The second-order valence-corrected chi connectivity index (χ2v) is 7.06. The second-order valence-electron chi connectivity index (χ2n) is 5.41. The second kappa shape index (κ2) is 5.70. The molecule has 0 unspecified atom stereocenters. The molecule has 1 fully saturated rings. The standard InChI is InChI=1S/C13H19N3O4S/c1-8-3-6-12(16(17)18)13(9(8)2)21(19,20)15-11(7-14)10-4-5-10/h3,6,10-11,15H,4-5,7,14H2,1-2H3/t11-/m1/s1. The largest absolute Gasteiger partial charge is 0.329 e. The van der Waals surface area contributed by atoms with Crippen LogP contribution >= 0.6 is 0 Å². The lowest BCUT2D eigenvalue weighted by Gasteiger charge is -2.17. The van der Waals surface area contributed by atoms with Gasteiger partial charge in [0.2, 0.25) is 10.0 Å². The Bertz CT molecular complexity index is 668. The van der Waals surface area contributed by atoms with E-state index in [4.69, 9.17) is 5.73 Å². The molecule has 0 aliphatic heterocycles. The van der Waals surface area contributed by atoms with Crippen LogP contribution < -0.4 is 10.5 Å². The molecular formula is C13H19N3O4S. The zero-order valence-electron chi connectivity index (χ0n) is 12.0. The third-order valence-corrected chi connectivity index (χ3v) is 5.54. The molecule has 0 aromatic heterocycles. The summed E-state index contributed by atoms with van der Waals surface area (Å²) in [5, 5.41) is 11.1. The third-order valence-electron chi connectivity index (χ3n) is 3.87. The zero-order valence-corrected chi connectivity index (χ0v) is 12.8. The molecular weight excluding hydrogens is 294 g/mol. The lowest BCUT2D eigenvalue weighted by atomic mass is 10.1. The predicted octanol–water partition coefficient (Wildman–Crippen LogP) is 1.23. The van der Waals surface area contributed by atoms with Gasteiger partial charge in [-0.15, -0.1) is 0 Å². The van der Waals surface area contributed by atoms with Crippen LogP contribution in [0.3, 0.4) is 0 Å². The van der Waals surface area contributed by atoms with Gasteiger partial charge >= 0.3 is 0 Å². The fourth-order valence-electron chi connectivity index (χ4n) is 2.35. The first kappa shape index (κ1) is 15.9. The summed E-state index contributed by atoms with van der Waals surface area (Å²) in [4.78, 5) is 10.2. The molecule has 1 aromatic rings. The minimum absolute atomic E-state index is 0.183. The normalized spacial score (nSPS) is 16.7. The summed E-state index contributed by atoms with van der Waals surface area (Å²) in [6.45, 7) is 3.48. The highest BCUT2D eigenvalue weighted by molar-refractivity contribution is 7.89. The molecule has 1 saturated carbocycles. The highest BCUT2D eigenvalue weighted by atomic mass is 32.2. The highest BCUT2D eigenvalue weighted by Gasteiger charge is 2.36. The molecule has 1 aliphatic carbocycles. The van der Waals surface area contributed by atoms with E-state index in [-0.39, 0.29) is 23.4 Å². The van der Waals surface area contributed by atoms with E-state index in [1.54, 1.807) is 19.9 Å². The summed E-state index contributed by atoms with van der Waals surface area (Å²) in [5.41, 5.74) is 6.28. The summed E-state index contributed by atoms with van der Waals surface area (Å²) < 4.78 is 27.6. The van der Waals surface area contributed by atoms with Gasteiger partial charge in [0.15, 0.2) is 4.90 Å². The maximum absolute atomic E-state index is 12.6. The Hall–Kier alpha value is -1.51. The van der Waals surface area contributed by atoms with Crippen LogP contribution in [0.5, 0.6) is 0 Å². The van der Waals surface area contributed by atoms with Crippen LogP contribution in [0.15, 0.2) is 17.0 Å². The van der Waals surface area contributed by atoms with Crippen molar-refractivity contribution in [3.63, 3.8) is 0 Å². The molecule has 0 spiro atoms. The van der Waals surface area contributed by atoms with Crippen molar-refractivity contribution in [2.45, 2.75) is 37.6 Å². The van der Waals surface area contributed by atoms with Crippen LogP contribution in [-0.2, 0) is 10.0 Å². The number of nitrogens with two attached hydrogens (primary N) is 1. The summed E-state index contributed by atoms with van der Waals surface area (Å²) in [6.07, 6.45) is 1.86. The smallest absolute Gasteiger partial charge is 0.289 e. The molecule has 0 radical (unpaired) electrons. The summed E-state index contributed by atoms with van der Waals surface area (Å²) in [7, 11) is -3.98. The molecule has 1 atom stereocenters. The molecule has 8 heteroatoms. The van der Waals surface area contributed by atoms with Crippen molar-refractivity contribution in [2.24, 2.45) is 11.7 Å². The van der Waals surface area contributed by atoms with E-state index in [0.717, 1.165) is 12.8 Å². The number of sulfonamides is 1. The molecule has 1 aromatic carbocycles.